The molecule has 234 valence electrons. The number of benzene rings is 2. The summed E-state index contributed by atoms with van der Waals surface area (Å²) in [6, 6.07) is 5.19. The molecule has 2 atom stereocenters. The average Bonchev–Trinajstić information content (AvgIpc) is 3.50. The van der Waals surface area contributed by atoms with E-state index in [4.69, 9.17) is 31.8 Å². The van der Waals surface area contributed by atoms with Crippen molar-refractivity contribution in [1.82, 2.24) is 20.2 Å². The van der Waals surface area contributed by atoms with E-state index in [9.17, 15) is 9.65 Å². The summed E-state index contributed by atoms with van der Waals surface area (Å²) < 4.78 is 44.9. The molecule has 4 aromatic rings. The number of halogens is 3. The van der Waals surface area contributed by atoms with Crippen molar-refractivity contribution in [1.29, 1.82) is 5.26 Å². The smallest absolute Gasteiger partial charge is 0.319 e. The minimum absolute atomic E-state index is 0.00167. The molecule has 0 amide bonds. The molecule has 0 bridgehead atoms. The van der Waals surface area contributed by atoms with Crippen LogP contribution in [0.5, 0.6) is 11.8 Å². The van der Waals surface area contributed by atoms with Crippen molar-refractivity contribution in [3.05, 3.63) is 34.4 Å². The molecule has 1 spiro atoms. The van der Waals surface area contributed by atoms with Gasteiger partial charge in [-0.05, 0) is 63.2 Å². The van der Waals surface area contributed by atoms with Crippen LogP contribution in [0.15, 0.2) is 12.1 Å². The minimum Gasteiger partial charge on any atom is -0.489 e. The number of fused-ring (bicyclic) bond motifs is 1. The fraction of sp³-hybridized carbons (Fsp3) is 0.469. The number of hydrogen-bond acceptors (Lipinski definition) is 10. The van der Waals surface area contributed by atoms with E-state index in [0.717, 1.165) is 56.7 Å². The number of rotatable bonds is 5. The van der Waals surface area contributed by atoms with E-state index in [2.05, 4.69) is 33.2 Å². The fourth-order valence-electron chi connectivity index (χ4n) is 7.79. The Morgan fingerprint density at radius 2 is 2.04 bits per heavy atom. The van der Waals surface area contributed by atoms with Gasteiger partial charge in [-0.25, -0.2) is 8.78 Å². The first-order chi connectivity index (χ1) is 21.7. The fourth-order valence-corrected chi connectivity index (χ4v) is 9.07. The molecule has 0 radical (unpaired) electrons. The third-order valence-corrected chi connectivity index (χ3v) is 11.6. The van der Waals surface area contributed by atoms with Gasteiger partial charge in [0.15, 0.2) is 11.6 Å². The van der Waals surface area contributed by atoms with Crippen LogP contribution in [0, 0.1) is 28.4 Å². The molecule has 1 aliphatic carbocycles. The minimum atomic E-state index is -0.724. The Balaban J connectivity index is 1.34. The van der Waals surface area contributed by atoms with Crippen LogP contribution in [0.4, 0.5) is 19.6 Å². The van der Waals surface area contributed by atoms with E-state index in [1.807, 2.05) is 6.92 Å². The molecular formula is C32H32ClF2N7O2S. The highest BCUT2D eigenvalue weighted by Crippen LogP contribution is 2.53. The van der Waals surface area contributed by atoms with E-state index in [1.54, 1.807) is 0 Å². The van der Waals surface area contributed by atoms with Gasteiger partial charge in [-0.3, -0.25) is 4.90 Å². The summed E-state index contributed by atoms with van der Waals surface area (Å²) >= 11 is 7.98. The zero-order valence-electron chi connectivity index (χ0n) is 24.9. The third-order valence-electron chi connectivity index (χ3n) is 10.2. The number of hydrogen-bond donors (Lipinski definition) is 2. The molecule has 8 rings (SSSR count). The summed E-state index contributed by atoms with van der Waals surface area (Å²) in [6.45, 7) is 5.80. The van der Waals surface area contributed by atoms with Crippen molar-refractivity contribution in [3.63, 3.8) is 0 Å². The van der Waals surface area contributed by atoms with Crippen LogP contribution in [0.3, 0.4) is 0 Å². The normalized spacial score (nSPS) is 21.8. The molecule has 2 saturated heterocycles. The SMILES string of the molecule is C[C@H](Oc1nc2c3c(c(Cl)c(-c4ccc(F)c5sc(N)c(C#N)c45)c(F)c3n1)OCCN2C1CC2(CNC2)C1)[C@@H]1CCCN1C. The largest absolute Gasteiger partial charge is 0.489 e. The number of nitrogens with two attached hydrogens (primary N) is 1. The highest BCUT2D eigenvalue weighted by atomic mass is 35.5. The second-order valence-corrected chi connectivity index (χ2v) is 14.3. The van der Waals surface area contributed by atoms with Crippen LogP contribution in [0.1, 0.15) is 38.2 Å². The number of nitrogen functional groups attached to an aromatic ring is 1. The molecule has 3 aliphatic heterocycles. The molecule has 4 aliphatic rings. The van der Waals surface area contributed by atoms with Gasteiger partial charge >= 0.3 is 6.01 Å². The lowest BCUT2D eigenvalue weighted by atomic mass is 9.61. The Kier molecular flexibility index (Phi) is 6.77. The molecule has 5 heterocycles. The number of nitrogens with zero attached hydrogens (tertiary/aromatic N) is 5. The second kappa shape index (κ2) is 10.5. The highest BCUT2D eigenvalue weighted by molar-refractivity contribution is 7.23. The maximum absolute atomic E-state index is 17.1. The summed E-state index contributed by atoms with van der Waals surface area (Å²) in [5.74, 6) is -0.483. The number of aromatic nitrogens is 2. The molecule has 9 nitrogen and oxygen atoms in total. The number of anilines is 2. The molecule has 1 saturated carbocycles. The predicted molar refractivity (Wildman–Crippen MR) is 171 cm³/mol. The predicted octanol–water partition coefficient (Wildman–Crippen LogP) is 5.71. The first-order valence-electron chi connectivity index (χ1n) is 15.3. The standard InChI is InChI=1S/C32H32ClF2N7O2S/c1-15(20-4-3-7-41(20)2)44-31-39-26-23-27(43-9-8-42(30(23)40-31)16-10-32(11-16)13-38-14-32)24(33)22(25(26)35)17-5-6-19(34)28-21(17)18(12-36)29(37)45-28/h5-6,15-16,20,38H,3-4,7-11,13-14,37H2,1-2H3/t15-,20-/m0/s1. The number of likely N-dealkylation sites (tertiary alicyclic amines) is 1. The number of nitrogens with one attached hydrogen (secondary N) is 1. The van der Waals surface area contributed by atoms with Gasteiger partial charge < -0.3 is 25.4 Å². The van der Waals surface area contributed by atoms with E-state index in [1.165, 1.54) is 12.1 Å². The van der Waals surface area contributed by atoms with Crippen LogP contribution >= 0.6 is 22.9 Å². The number of thiophene rings is 1. The van der Waals surface area contributed by atoms with Gasteiger partial charge in [0.05, 0.1) is 27.2 Å². The van der Waals surface area contributed by atoms with Gasteiger partial charge in [0, 0.05) is 36.1 Å². The molecule has 45 heavy (non-hydrogen) atoms. The van der Waals surface area contributed by atoms with E-state index in [-0.39, 0.29) is 72.3 Å². The van der Waals surface area contributed by atoms with E-state index < -0.39 is 11.6 Å². The lowest BCUT2D eigenvalue weighted by Gasteiger charge is -2.57. The van der Waals surface area contributed by atoms with Gasteiger partial charge in [-0.15, -0.1) is 11.3 Å². The molecule has 2 aromatic heterocycles. The first-order valence-corrected chi connectivity index (χ1v) is 16.5. The van der Waals surface area contributed by atoms with Crippen LogP contribution in [-0.2, 0) is 0 Å². The zero-order valence-corrected chi connectivity index (χ0v) is 26.5. The Hall–Kier alpha value is -3.50. The lowest BCUT2D eigenvalue weighted by molar-refractivity contribution is 0.0346. The van der Waals surface area contributed by atoms with Crippen molar-refractivity contribution in [2.24, 2.45) is 5.41 Å². The Bertz CT molecular complexity index is 1920. The van der Waals surface area contributed by atoms with Gasteiger partial charge in [-0.1, -0.05) is 17.7 Å². The molecule has 0 unspecified atom stereocenters. The molecule has 13 heteroatoms. The first kappa shape index (κ1) is 28.9. The third kappa shape index (κ3) is 4.35. The monoisotopic (exact) mass is 651 g/mol. The summed E-state index contributed by atoms with van der Waals surface area (Å²) in [5.41, 5.74) is 6.69. The highest BCUT2D eigenvalue weighted by Gasteiger charge is 2.51. The maximum atomic E-state index is 17.1. The molecular weight excluding hydrogens is 620 g/mol. The summed E-state index contributed by atoms with van der Waals surface area (Å²) in [4.78, 5) is 14.0. The van der Waals surface area contributed by atoms with Crippen molar-refractivity contribution in [3.8, 4) is 29.0 Å². The van der Waals surface area contributed by atoms with Crippen LogP contribution < -0.4 is 25.4 Å². The van der Waals surface area contributed by atoms with Crippen molar-refractivity contribution < 1.29 is 18.3 Å². The van der Waals surface area contributed by atoms with Gasteiger partial charge in [0.2, 0.25) is 0 Å². The topological polar surface area (TPSA) is 113 Å². The summed E-state index contributed by atoms with van der Waals surface area (Å²) in [5, 5.41) is 14.0. The second-order valence-electron chi connectivity index (χ2n) is 12.9. The zero-order chi connectivity index (χ0) is 31.2. The van der Waals surface area contributed by atoms with Crippen LogP contribution in [0.25, 0.3) is 32.1 Å². The Morgan fingerprint density at radius 3 is 2.73 bits per heavy atom. The van der Waals surface area contributed by atoms with Crippen molar-refractivity contribution in [2.45, 2.75) is 50.8 Å². The summed E-state index contributed by atoms with van der Waals surface area (Å²) in [7, 11) is 2.07. The average molecular weight is 652 g/mol. The summed E-state index contributed by atoms with van der Waals surface area (Å²) in [6.07, 6.45) is 3.83. The van der Waals surface area contributed by atoms with E-state index >= 15 is 4.39 Å². The Morgan fingerprint density at radius 1 is 1.24 bits per heavy atom. The van der Waals surface area contributed by atoms with Crippen molar-refractivity contribution in [2.75, 3.05) is 50.5 Å². The van der Waals surface area contributed by atoms with Gasteiger partial charge in [-0.2, -0.15) is 15.2 Å². The number of likely N-dealkylation sites (N-methyl/N-ethyl adjacent to an activating group) is 1. The van der Waals surface area contributed by atoms with Gasteiger partial charge in [0.25, 0.3) is 0 Å². The Labute approximate surface area is 267 Å². The van der Waals surface area contributed by atoms with Crippen LogP contribution in [0.2, 0.25) is 5.02 Å². The molecule has 2 aromatic carbocycles. The van der Waals surface area contributed by atoms with Crippen LogP contribution in [-0.4, -0.2) is 72.9 Å². The maximum Gasteiger partial charge on any atom is 0.319 e. The van der Waals surface area contributed by atoms with Crippen molar-refractivity contribution >= 4 is 54.7 Å². The lowest BCUT2D eigenvalue weighted by Crippen LogP contribution is -2.65. The number of ether oxygens (including phenoxy) is 2. The van der Waals surface area contributed by atoms with Gasteiger partial charge in [0.1, 0.15) is 40.9 Å². The van der Waals surface area contributed by atoms with E-state index in [0.29, 0.717) is 29.8 Å². The molecule has 3 N–H and O–H groups in total. The quantitative estimate of drug-likeness (QED) is 0.280. The molecule has 3 fully saturated rings. The number of nitriles is 1.